The van der Waals surface area contributed by atoms with E-state index in [4.69, 9.17) is 14.0 Å². The first-order valence-electron chi connectivity index (χ1n) is 7.60. The molecule has 4 heteroatoms. The van der Waals surface area contributed by atoms with Crippen LogP contribution in [-0.2, 0) is 9.31 Å². The number of hydrogen-bond acceptors (Lipinski definition) is 3. The van der Waals surface area contributed by atoms with Gasteiger partial charge in [0.25, 0.3) is 0 Å². The van der Waals surface area contributed by atoms with Crippen molar-refractivity contribution in [2.75, 3.05) is 7.11 Å². The zero-order valence-corrected chi connectivity index (χ0v) is 14.3. The van der Waals surface area contributed by atoms with Crippen LogP contribution in [0.4, 0.5) is 0 Å². The molecule has 1 heterocycles. The quantitative estimate of drug-likeness (QED) is 0.613. The van der Waals surface area contributed by atoms with Crippen LogP contribution in [-0.4, -0.2) is 25.4 Å². The van der Waals surface area contributed by atoms with Crippen molar-refractivity contribution in [3.8, 4) is 5.75 Å². The van der Waals surface area contributed by atoms with Gasteiger partial charge in [-0.2, -0.15) is 0 Å². The van der Waals surface area contributed by atoms with E-state index in [1.807, 2.05) is 49.4 Å². The Kier molecular flexibility index (Phi) is 4.83. The number of benzene rings is 1. The Hall–Kier alpha value is -1.52. The smallest absolute Gasteiger partial charge is 0.490 e. The van der Waals surface area contributed by atoms with E-state index >= 15 is 0 Å². The van der Waals surface area contributed by atoms with Crippen molar-refractivity contribution >= 4 is 13.2 Å². The van der Waals surface area contributed by atoms with Crippen molar-refractivity contribution in [1.82, 2.24) is 0 Å². The van der Waals surface area contributed by atoms with Crippen LogP contribution in [0.1, 0.15) is 40.2 Å². The first-order valence-corrected chi connectivity index (χ1v) is 7.60. The molecule has 0 amide bonds. The summed E-state index contributed by atoms with van der Waals surface area (Å²) in [5.74, 6) is 0.862. The molecule has 22 heavy (non-hydrogen) atoms. The minimum Gasteiger partial charge on any atom is -0.497 e. The molecule has 0 saturated carbocycles. The van der Waals surface area contributed by atoms with Gasteiger partial charge in [-0.1, -0.05) is 30.4 Å². The van der Waals surface area contributed by atoms with Crippen molar-refractivity contribution in [3.63, 3.8) is 0 Å². The van der Waals surface area contributed by atoms with Gasteiger partial charge in [0.15, 0.2) is 0 Å². The summed E-state index contributed by atoms with van der Waals surface area (Å²) in [6.45, 7) is 10.3. The highest BCUT2D eigenvalue weighted by molar-refractivity contribution is 6.54. The van der Waals surface area contributed by atoms with E-state index in [2.05, 4.69) is 27.7 Å². The van der Waals surface area contributed by atoms with Gasteiger partial charge >= 0.3 is 7.12 Å². The predicted molar refractivity (Wildman–Crippen MR) is 91.9 cm³/mol. The molecule has 118 valence electrons. The average molecular weight is 300 g/mol. The summed E-state index contributed by atoms with van der Waals surface area (Å²) in [4.78, 5) is 0. The molecule has 0 atom stereocenters. The first-order chi connectivity index (χ1) is 10.2. The van der Waals surface area contributed by atoms with Crippen molar-refractivity contribution < 1.29 is 14.0 Å². The predicted octanol–water partition coefficient (Wildman–Crippen LogP) is 4.29. The summed E-state index contributed by atoms with van der Waals surface area (Å²) in [5.41, 5.74) is 1.58. The van der Waals surface area contributed by atoms with Gasteiger partial charge in [0.2, 0.25) is 0 Å². The molecular weight excluding hydrogens is 275 g/mol. The Bertz CT molecular complexity index is 554. The van der Waals surface area contributed by atoms with Gasteiger partial charge in [-0.25, -0.2) is 0 Å². The van der Waals surface area contributed by atoms with Crippen LogP contribution >= 0.6 is 0 Å². The Balaban J connectivity index is 2.02. The molecular formula is C18H25BO3. The molecule has 1 aromatic carbocycles. The molecule has 0 spiro atoms. The molecule has 0 unspecified atom stereocenters. The molecule has 1 saturated heterocycles. The lowest BCUT2D eigenvalue weighted by Gasteiger charge is -2.32. The monoisotopic (exact) mass is 300 g/mol. The van der Waals surface area contributed by atoms with E-state index in [0.29, 0.717) is 0 Å². The second kappa shape index (κ2) is 6.31. The normalized spacial score (nSPS) is 20.6. The van der Waals surface area contributed by atoms with E-state index in [1.165, 1.54) is 0 Å². The van der Waals surface area contributed by atoms with Crippen molar-refractivity contribution in [2.45, 2.75) is 45.8 Å². The van der Waals surface area contributed by atoms with Crippen molar-refractivity contribution in [3.05, 3.63) is 47.5 Å². The SMILES string of the molecule is COc1ccc(/C=C/C=C(/C)B2OC(C)(C)C(C)(C)O2)cc1. The highest BCUT2D eigenvalue weighted by atomic mass is 16.7. The number of hydrogen-bond donors (Lipinski definition) is 0. The maximum absolute atomic E-state index is 6.02. The second-order valence-electron chi connectivity index (χ2n) is 6.63. The van der Waals surface area contributed by atoms with E-state index in [0.717, 1.165) is 16.8 Å². The van der Waals surface area contributed by atoms with Gasteiger partial charge < -0.3 is 14.0 Å². The minimum absolute atomic E-state index is 0.287. The molecule has 0 aromatic heterocycles. The zero-order valence-electron chi connectivity index (χ0n) is 14.3. The van der Waals surface area contributed by atoms with Crippen LogP contribution in [0.5, 0.6) is 5.75 Å². The summed E-state index contributed by atoms with van der Waals surface area (Å²) in [7, 11) is 1.38. The molecule has 1 aliphatic heterocycles. The van der Waals surface area contributed by atoms with E-state index in [-0.39, 0.29) is 18.3 Å². The fraction of sp³-hybridized carbons (Fsp3) is 0.444. The Labute approximate surface area is 134 Å². The summed E-state index contributed by atoms with van der Waals surface area (Å²) in [5, 5.41) is 0. The maximum Gasteiger partial charge on any atom is 0.490 e. The van der Waals surface area contributed by atoms with Crippen molar-refractivity contribution in [2.24, 2.45) is 0 Å². The third kappa shape index (κ3) is 3.62. The molecule has 2 rings (SSSR count). The first kappa shape index (κ1) is 16.8. The Morgan fingerprint density at radius 3 is 2.09 bits per heavy atom. The highest BCUT2D eigenvalue weighted by Gasteiger charge is 2.51. The van der Waals surface area contributed by atoms with Gasteiger partial charge in [-0.05, 0) is 57.8 Å². The molecule has 0 bridgehead atoms. The molecule has 1 aliphatic rings. The van der Waals surface area contributed by atoms with Crippen molar-refractivity contribution in [1.29, 1.82) is 0 Å². The third-order valence-electron chi connectivity index (χ3n) is 4.39. The Morgan fingerprint density at radius 2 is 1.59 bits per heavy atom. The lowest BCUT2D eigenvalue weighted by molar-refractivity contribution is 0.00578. The van der Waals surface area contributed by atoms with Gasteiger partial charge in [0, 0.05) is 0 Å². The average Bonchev–Trinajstić information content (AvgIpc) is 2.68. The molecule has 0 radical (unpaired) electrons. The van der Waals surface area contributed by atoms with E-state index in [1.54, 1.807) is 7.11 Å². The van der Waals surface area contributed by atoms with E-state index < -0.39 is 0 Å². The fourth-order valence-electron chi connectivity index (χ4n) is 2.13. The second-order valence-corrected chi connectivity index (χ2v) is 6.63. The molecule has 3 nitrogen and oxygen atoms in total. The summed E-state index contributed by atoms with van der Waals surface area (Å²) in [6, 6.07) is 7.94. The number of ether oxygens (including phenoxy) is 1. The molecule has 1 fully saturated rings. The summed E-state index contributed by atoms with van der Waals surface area (Å²) < 4.78 is 17.2. The Morgan fingerprint density at radius 1 is 1.05 bits per heavy atom. The molecule has 0 aliphatic carbocycles. The third-order valence-corrected chi connectivity index (χ3v) is 4.39. The van der Waals surface area contributed by atoms with E-state index in [9.17, 15) is 0 Å². The maximum atomic E-state index is 6.02. The number of methoxy groups -OCH3 is 1. The fourth-order valence-corrected chi connectivity index (χ4v) is 2.13. The lowest BCUT2D eigenvalue weighted by atomic mass is 9.79. The van der Waals surface area contributed by atoms with Crippen LogP contribution in [0, 0.1) is 0 Å². The standard InChI is InChI=1S/C18H25BO3/c1-14(19-21-17(2,3)18(4,5)22-19)8-7-9-15-10-12-16(20-6)13-11-15/h7-13H,1-6H3/b9-7+,14-8-. The summed E-state index contributed by atoms with van der Waals surface area (Å²) in [6.07, 6.45) is 6.10. The van der Waals surface area contributed by atoms with Crippen LogP contribution in [0.2, 0.25) is 0 Å². The van der Waals surface area contributed by atoms with Gasteiger partial charge in [0.1, 0.15) is 5.75 Å². The highest BCUT2D eigenvalue weighted by Crippen LogP contribution is 2.38. The van der Waals surface area contributed by atoms with Gasteiger partial charge in [-0.15, -0.1) is 0 Å². The van der Waals surface area contributed by atoms with Gasteiger partial charge in [-0.3, -0.25) is 0 Å². The zero-order chi connectivity index (χ0) is 16.4. The summed E-state index contributed by atoms with van der Waals surface area (Å²) >= 11 is 0. The lowest BCUT2D eigenvalue weighted by Crippen LogP contribution is -2.41. The molecule has 1 aromatic rings. The largest absolute Gasteiger partial charge is 0.497 e. The van der Waals surface area contributed by atoms with Crippen LogP contribution < -0.4 is 4.74 Å². The van der Waals surface area contributed by atoms with Crippen LogP contribution in [0.25, 0.3) is 6.08 Å². The van der Waals surface area contributed by atoms with Crippen LogP contribution in [0.3, 0.4) is 0 Å². The number of allylic oxidation sites excluding steroid dienone is 3. The topological polar surface area (TPSA) is 27.7 Å². The minimum atomic E-state index is -0.299. The van der Waals surface area contributed by atoms with Gasteiger partial charge in [0.05, 0.1) is 18.3 Å². The number of rotatable bonds is 4. The van der Waals surface area contributed by atoms with Crippen LogP contribution in [0.15, 0.2) is 41.9 Å². The molecule has 0 N–H and O–H groups in total.